The van der Waals surface area contributed by atoms with Crippen molar-refractivity contribution >= 4 is 28.8 Å². The maximum Gasteiger partial charge on any atom is 0.138 e. The minimum Gasteiger partial charge on any atom is -0.411 e. The summed E-state index contributed by atoms with van der Waals surface area (Å²) in [5.74, 6) is 0. The first-order valence-corrected chi connectivity index (χ1v) is 4.41. The smallest absolute Gasteiger partial charge is 0.138 e. The first kappa shape index (κ1) is 9.02. The van der Waals surface area contributed by atoms with Crippen molar-refractivity contribution in [2.45, 2.75) is 6.92 Å². The lowest BCUT2D eigenvalue weighted by atomic mass is 10.2. The molecule has 2 heterocycles. The van der Waals surface area contributed by atoms with Crippen LogP contribution in [-0.2, 0) is 0 Å². The van der Waals surface area contributed by atoms with Crippen molar-refractivity contribution in [1.29, 1.82) is 0 Å². The number of pyridine rings is 1. The number of hydrogen-bond acceptors (Lipinski definition) is 3. The summed E-state index contributed by atoms with van der Waals surface area (Å²) in [6.07, 6.45) is 2.94. The number of aryl methyl sites for hydroxylation is 1. The quantitative estimate of drug-likeness (QED) is 0.430. The summed E-state index contributed by atoms with van der Waals surface area (Å²) in [6, 6.07) is 1.78. The van der Waals surface area contributed by atoms with Gasteiger partial charge in [0.2, 0.25) is 0 Å². The Balaban J connectivity index is 2.79. The molecule has 0 bridgehead atoms. The molecule has 0 spiro atoms. The maximum atomic E-state index is 8.49. The molecule has 2 aromatic heterocycles. The molecule has 0 aliphatic heterocycles. The zero-order valence-corrected chi connectivity index (χ0v) is 8.21. The number of rotatable bonds is 1. The molecule has 0 aliphatic rings. The van der Waals surface area contributed by atoms with Crippen LogP contribution in [-0.4, -0.2) is 21.4 Å². The molecule has 0 unspecified atom stereocenters. The lowest BCUT2D eigenvalue weighted by molar-refractivity contribution is 0.322. The molecule has 0 saturated heterocycles. The summed E-state index contributed by atoms with van der Waals surface area (Å²) in [5.41, 5.74) is 2.44. The second-order valence-electron chi connectivity index (χ2n) is 2.96. The van der Waals surface area contributed by atoms with Crippen LogP contribution in [0.5, 0.6) is 0 Å². The van der Waals surface area contributed by atoms with Crippen LogP contribution in [0.2, 0.25) is 5.02 Å². The van der Waals surface area contributed by atoms with Crippen molar-refractivity contribution in [3.05, 3.63) is 28.5 Å². The molecule has 2 aromatic rings. The fourth-order valence-corrected chi connectivity index (χ4v) is 1.57. The summed E-state index contributed by atoms with van der Waals surface area (Å²) >= 11 is 5.82. The molecule has 2 rings (SSSR count). The Bertz CT molecular complexity index is 504. The van der Waals surface area contributed by atoms with E-state index in [0.29, 0.717) is 5.02 Å². The third-order valence-corrected chi connectivity index (χ3v) is 2.25. The van der Waals surface area contributed by atoms with Crippen molar-refractivity contribution in [2.75, 3.05) is 0 Å². The van der Waals surface area contributed by atoms with Crippen molar-refractivity contribution in [3.8, 4) is 0 Å². The van der Waals surface area contributed by atoms with E-state index in [1.54, 1.807) is 12.3 Å². The Morgan fingerprint density at radius 2 is 2.43 bits per heavy atom. The Morgan fingerprint density at radius 1 is 1.64 bits per heavy atom. The molecule has 4 nitrogen and oxygen atoms in total. The summed E-state index contributed by atoms with van der Waals surface area (Å²) in [4.78, 5) is 7.18. The molecule has 72 valence electrons. The van der Waals surface area contributed by atoms with Crippen LogP contribution in [0, 0.1) is 6.92 Å². The Kier molecular flexibility index (Phi) is 2.13. The van der Waals surface area contributed by atoms with Gasteiger partial charge in [0, 0.05) is 22.8 Å². The summed E-state index contributed by atoms with van der Waals surface area (Å²) in [7, 11) is 0. The fourth-order valence-electron chi connectivity index (χ4n) is 1.42. The van der Waals surface area contributed by atoms with Crippen LogP contribution < -0.4 is 0 Å². The predicted octanol–water partition coefficient (Wildman–Crippen LogP) is 2.33. The van der Waals surface area contributed by atoms with Gasteiger partial charge in [0.05, 0.1) is 11.2 Å². The molecule has 0 radical (unpaired) electrons. The topological polar surface area (TPSA) is 61.3 Å². The summed E-state index contributed by atoms with van der Waals surface area (Å²) in [6.45, 7) is 1.88. The van der Waals surface area contributed by atoms with E-state index in [4.69, 9.17) is 16.8 Å². The van der Waals surface area contributed by atoms with Crippen LogP contribution >= 0.6 is 11.6 Å². The number of halogens is 1. The average molecular weight is 210 g/mol. The Labute approximate surface area is 85.2 Å². The van der Waals surface area contributed by atoms with Gasteiger partial charge in [-0.05, 0) is 13.0 Å². The second-order valence-corrected chi connectivity index (χ2v) is 3.39. The first-order chi connectivity index (χ1) is 6.72. The highest BCUT2D eigenvalue weighted by Crippen LogP contribution is 2.21. The van der Waals surface area contributed by atoms with E-state index in [9.17, 15) is 0 Å². The van der Waals surface area contributed by atoms with Crippen LogP contribution in [0.3, 0.4) is 0 Å². The lowest BCUT2D eigenvalue weighted by Gasteiger charge is -1.91. The van der Waals surface area contributed by atoms with E-state index in [1.165, 1.54) is 6.21 Å². The molecule has 0 fully saturated rings. The highest BCUT2D eigenvalue weighted by Gasteiger charge is 2.07. The van der Waals surface area contributed by atoms with E-state index in [-0.39, 0.29) is 0 Å². The molecule has 0 saturated carbocycles. The molecule has 0 atom stereocenters. The number of nitrogens with one attached hydrogen (secondary N) is 1. The molecule has 14 heavy (non-hydrogen) atoms. The number of oxime groups is 1. The van der Waals surface area contributed by atoms with E-state index in [0.717, 1.165) is 22.3 Å². The number of aromatic amines is 1. The van der Waals surface area contributed by atoms with Gasteiger partial charge in [-0.15, -0.1) is 0 Å². The first-order valence-electron chi connectivity index (χ1n) is 4.03. The van der Waals surface area contributed by atoms with Crippen LogP contribution in [0.4, 0.5) is 0 Å². The van der Waals surface area contributed by atoms with Gasteiger partial charge in [0.15, 0.2) is 0 Å². The van der Waals surface area contributed by atoms with Crippen LogP contribution in [0.15, 0.2) is 17.4 Å². The number of hydrogen-bond donors (Lipinski definition) is 2. The molecular formula is C9H8ClN3O. The van der Waals surface area contributed by atoms with Gasteiger partial charge in [-0.1, -0.05) is 16.8 Å². The van der Waals surface area contributed by atoms with Crippen LogP contribution in [0.25, 0.3) is 11.0 Å². The number of nitrogens with zero attached hydrogens (tertiary/aromatic N) is 2. The highest BCUT2D eigenvalue weighted by atomic mass is 35.5. The van der Waals surface area contributed by atoms with Gasteiger partial charge in [0.1, 0.15) is 5.65 Å². The molecule has 2 N–H and O–H groups in total. The van der Waals surface area contributed by atoms with Crippen molar-refractivity contribution in [1.82, 2.24) is 9.97 Å². The zero-order valence-electron chi connectivity index (χ0n) is 7.45. The Hall–Kier alpha value is -1.55. The molecule has 0 aromatic carbocycles. The van der Waals surface area contributed by atoms with Gasteiger partial charge < -0.3 is 10.2 Å². The lowest BCUT2D eigenvalue weighted by Crippen LogP contribution is -1.82. The third-order valence-electron chi connectivity index (χ3n) is 2.04. The minimum absolute atomic E-state index is 0.559. The summed E-state index contributed by atoms with van der Waals surface area (Å²) in [5, 5.41) is 12.9. The van der Waals surface area contributed by atoms with Gasteiger partial charge in [-0.3, -0.25) is 0 Å². The van der Waals surface area contributed by atoms with Gasteiger partial charge in [-0.25, -0.2) is 4.98 Å². The van der Waals surface area contributed by atoms with E-state index in [2.05, 4.69) is 15.1 Å². The normalized spacial score (nSPS) is 11.6. The minimum atomic E-state index is 0.559. The predicted molar refractivity (Wildman–Crippen MR) is 55.2 cm³/mol. The van der Waals surface area contributed by atoms with E-state index < -0.39 is 0 Å². The second kappa shape index (κ2) is 3.31. The van der Waals surface area contributed by atoms with Gasteiger partial charge >= 0.3 is 0 Å². The van der Waals surface area contributed by atoms with Crippen molar-refractivity contribution < 1.29 is 5.21 Å². The highest BCUT2D eigenvalue weighted by molar-refractivity contribution is 6.31. The number of aromatic nitrogens is 2. The molecule has 0 amide bonds. The standard InChI is InChI=1S/C9H8ClN3O/c1-5-8(4-12-14)7-2-6(10)3-11-9(7)13-5/h2-4,14H,1H3,(H,11,13)/b12-4-. The molecule has 0 aliphatic carbocycles. The fraction of sp³-hybridized carbons (Fsp3) is 0.111. The summed E-state index contributed by atoms with van der Waals surface area (Å²) < 4.78 is 0. The van der Waals surface area contributed by atoms with Crippen molar-refractivity contribution in [2.24, 2.45) is 5.16 Å². The van der Waals surface area contributed by atoms with E-state index >= 15 is 0 Å². The maximum absolute atomic E-state index is 8.49. The molecule has 5 heteroatoms. The average Bonchev–Trinajstić information content (AvgIpc) is 2.45. The third kappa shape index (κ3) is 1.33. The number of fused-ring (bicyclic) bond motifs is 1. The van der Waals surface area contributed by atoms with Gasteiger partial charge in [0.25, 0.3) is 0 Å². The van der Waals surface area contributed by atoms with Gasteiger partial charge in [-0.2, -0.15) is 0 Å². The zero-order chi connectivity index (χ0) is 10.1. The largest absolute Gasteiger partial charge is 0.411 e. The van der Waals surface area contributed by atoms with E-state index in [1.807, 2.05) is 6.92 Å². The SMILES string of the molecule is Cc1[nH]c2ncc(Cl)cc2c1/C=N\O. The van der Waals surface area contributed by atoms with Crippen LogP contribution in [0.1, 0.15) is 11.3 Å². The number of H-pyrrole nitrogens is 1. The monoisotopic (exact) mass is 209 g/mol. The van der Waals surface area contributed by atoms with Crippen molar-refractivity contribution in [3.63, 3.8) is 0 Å². The molecular weight excluding hydrogens is 202 g/mol. The Morgan fingerprint density at radius 3 is 3.14 bits per heavy atom.